The predicted molar refractivity (Wildman–Crippen MR) is 110 cm³/mol. The highest BCUT2D eigenvalue weighted by atomic mass is 16.6. The molecule has 0 aliphatic carbocycles. The first kappa shape index (κ1) is 18.9. The lowest BCUT2D eigenvalue weighted by atomic mass is 10.1. The second-order valence-corrected chi connectivity index (χ2v) is 7.11. The van der Waals surface area contributed by atoms with Gasteiger partial charge in [0, 0.05) is 29.9 Å². The summed E-state index contributed by atoms with van der Waals surface area (Å²) in [7, 11) is 0. The normalized spacial score (nSPS) is 14.1. The van der Waals surface area contributed by atoms with Gasteiger partial charge in [0.05, 0.1) is 4.92 Å². The Balaban J connectivity index is 1.41. The molecule has 1 saturated heterocycles. The van der Waals surface area contributed by atoms with Crippen LogP contribution in [0.2, 0.25) is 0 Å². The average Bonchev–Trinajstić information content (AvgIpc) is 3.42. The van der Waals surface area contributed by atoms with Crippen molar-refractivity contribution in [1.82, 2.24) is 4.90 Å². The quantitative estimate of drug-likeness (QED) is 0.486. The minimum absolute atomic E-state index is 0.0288. The van der Waals surface area contributed by atoms with Gasteiger partial charge in [-0.15, -0.1) is 0 Å². The maximum absolute atomic E-state index is 12.5. The van der Waals surface area contributed by atoms with E-state index in [0.29, 0.717) is 17.0 Å². The fraction of sp³-hybridized carbons (Fsp3) is 0.227. The minimum atomic E-state index is -0.465. The molecule has 0 radical (unpaired) electrons. The second kappa shape index (κ2) is 8.28. The Labute approximate surface area is 168 Å². The molecule has 7 nitrogen and oxygen atoms in total. The molecular formula is C22H21N3O4. The molecule has 29 heavy (non-hydrogen) atoms. The first-order chi connectivity index (χ1) is 14.1. The summed E-state index contributed by atoms with van der Waals surface area (Å²) < 4.78 is 5.61. The molecular weight excluding hydrogens is 370 g/mol. The van der Waals surface area contributed by atoms with Crippen molar-refractivity contribution in [2.24, 2.45) is 0 Å². The monoisotopic (exact) mass is 391 g/mol. The topological polar surface area (TPSA) is 88.6 Å². The van der Waals surface area contributed by atoms with E-state index < -0.39 is 4.92 Å². The fourth-order valence-electron chi connectivity index (χ4n) is 3.47. The number of carbonyl (C=O) groups excluding carboxylic acids is 1. The molecule has 7 heteroatoms. The second-order valence-electron chi connectivity index (χ2n) is 7.11. The third-order valence-electron chi connectivity index (χ3n) is 4.99. The number of non-ortho nitro benzene ring substituents is 1. The van der Waals surface area contributed by atoms with Gasteiger partial charge in [-0.3, -0.25) is 19.8 Å². The highest BCUT2D eigenvalue weighted by Gasteiger charge is 2.15. The Bertz CT molecular complexity index is 1020. The molecule has 2 heterocycles. The summed E-state index contributed by atoms with van der Waals surface area (Å²) in [5.41, 5.74) is 2.42. The Hall–Kier alpha value is -3.45. The third-order valence-corrected chi connectivity index (χ3v) is 4.99. The van der Waals surface area contributed by atoms with Crippen molar-refractivity contribution in [3.63, 3.8) is 0 Å². The number of nitro benzene ring substituents is 1. The van der Waals surface area contributed by atoms with Crippen molar-refractivity contribution in [3.05, 3.63) is 82.1 Å². The van der Waals surface area contributed by atoms with E-state index in [0.717, 1.165) is 19.6 Å². The van der Waals surface area contributed by atoms with Gasteiger partial charge in [0.15, 0.2) is 5.76 Å². The smallest absolute Gasteiger partial charge is 0.291 e. The van der Waals surface area contributed by atoms with E-state index in [2.05, 4.69) is 10.2 Å². The zero-order valence-corrected chi connectivity index (χ0v) is 15.8. The highest BCUT2D eigenvalue weighted by Crippen LogP contribution is 2.26. The van der Waals surface area contributed by atoms with E-state index in [1.165, 1.54) is 30.5 Å². The Morgan fingerprint density at radius 2 is 1.83 bits per heavy atom. The number of nitrogens with zero attached hydrogens (tertiary/aromatic N) is 2. The first-order valence-corrected chi connectivity index (χ1v) is 9.56. The Morgan fingerprint density at radius 3 is 2.55 bits per heavy atom. The van der Waals surface area contributed by atoms with Crippen LogP contribution in [0.25, 0.3) is 11.3 Å². The van der Waals surface area contributed by atoms with Crippen LogP contribution >= 0.6 is 0 Å². The van der Waals surface area contributed by atoms with Crippen molar-refractivity contribution in [2.75, 3.05) is 18.4 Å². The number of benzene rings is 2. The van der Waals surface area contributed by atoms with Crippen LogP contribution in [0.3, 0.4) is 0 Å². The van der Waals surface area contributed by atoms with Crippen LogP contribution in [-0.2, 0) is 6.54 Å². The number of hydrogen-bond donors (Lipinski definition) is 1. The number of rotatable bonds is 6. The molecule has 1 fully saturated rings. The largest absolute Gasteiger partial charge is 0.451 e. The van der Waals surface area contributed by atoms with Crippen LogP contribution in [0.4, 0.5) is 11.4 Å². The van der Waals surface area contributed by atoms with Crippen LogP contribution in [0.1, 0.15) is 29.0 Å². The number of amides is 1. The Kier molecular flexibility index (Phi) is 5.39. The van der Waals surface area contributed by atoms with Crippen molar-refractivity contribution >= 4 is 17.3 Å². The predicted octanol–water partition coefficient (Wildman–Crippen LogP) is 4.70. The number of carbonyl (C=O) groups is 1. The lowest BCUT2D eigenvalue weighted by Crippen LogP contribution is -2.18. The number of anilines is 1. The van der Waals surface area contributed by atoms with Crippen molar-refractivity contribution in [1.29, 1.82) is 0 Å². The lowest BCUT2D eigenvalue weighted by molar-refractivity contribution is -0.384. The van der Waals surface area contributed by atoms with E-state index in [4.69, 9.17) is 4.42 Å². The summed E-state index contributed by atoms with van der Waals surface area (Å²) in [6, 6.07) is 17.1. The van der Waals surface area contributed by atoms with Gasteiger partial charge in [-0.1, -0.05) is 24.3 Å². The van der Waals surface area contributed by atoms with Gasteiger partial charge in [-0.2, -0.15) is 0 Å². The molecule has 1 aliphatic rings. The van der Waals surface area contributed by atoms with Crippen molar-refractivity contribution < 1.29 is 14.1 Å². The third kappa shape index (κ3) is 4.52. The fourth-order valence-corrected chi connectivity index (χ4v) is 3.47. The molecule has 1 amide bonds. The van der Waals surface area contributed by atoms with Crippen molar-refractivity contribution in [2.45, 2.75) is 19.4 Å². The summed E-state index contributed by atoms with van der Waals surface area (Å²) in [5.74, 6) is 0.182. The maximum atomic E-state index is 12.5. The van der Waals surface area contributed by atoms with Crippen molar-refractivity contribution in [3.8, 4) is 11.3 Å². The number of nitro groups is 1. The highest BCUT2D eigenvalue weighted by molar-refractivity contribution is 6.02. The number of furan rings is 1. The summed E-state index contributed by atoms with van der Waals surface area (Å²) in [4.78, 5) is 25.4. The minimum Gasteiger partial charge on any atom is -0.451 e. The van der Waals surface area contributed by atoms with Crippen LogP contribution in [0.5, 0.6) is 0 Å². The maximum Gasteiger partial charge on any atom is 0.291 e. The molecule has 3 aromatic rings. The SMILES string of the molecule is O=C(Nc1ccc(CN2CCCC2)cc1)c1ccc(-c2cccc([N+](=O)[O-])c2)o1. The van der Waals surface area contributed by atoms with E-state index in [9.17, 15) is 14.9 Å². The average molecular weight is 391 g/mol. The summed E-state index contributed by atoms with van der Waals surface area (Å²) >= 11 is 0. The summed E-state index contributed by atoms with van der Waals surface area (Å²) in [6.45, 7) is 3.22. The van der Waals surface area contributed by atoms with Crippen LogP contribution in [-0.4, -0.2) is 28.8 Å². The van der Waals surface area contributed by atoms with Gasteiger partial charge in [0.2, 0.25) is 0 Å². The summed E-state index contributed by atoms with van der Waals surface area (Å²) in [5, 5.41) is 13.7. The molecule has 0 bridgehead atoms. The van der Waals surface area contributed by atoms with E-state index in [1.54, 1.807) is 24.3 Å². The van der Waals surface area contributed by atoms with E-state index >= 15 is 0 Å². The van der Waals surface area contributed by atoms with Gasteiger partial charge in [0.1, 0.15) is 5.76 Å². The van der Waals surface area contributed by atoms with Gasteiger partial charge >= 0.3 is 0 Å². The molecule has 2 aromatic carbocycles. The molecule has 0 unspecified atom stereocenters. The lowest BCUT2D eigenvalue weighted by Gasteiger charge is -2.14. The van der Waals surface area contributed by atoms with Crippen LogP contribution in [0.15, 0.2) is 65.1 Å². The van der Waals surface area contributed by atoms with E-state index in [1.807, 2.05) is 24.3 Å². The van der Waals surface area contributed by atoms with Gasteiger partial charge in [-0.05, 0) is 55.8 Å². The molecule has 148 valence electrons. The van der Waals surface area contributed by atoms with Gasteiger partial charge < -0.3 is 9.73 Å². The first-order valence-electron chi connectivity index (χ1n) is 9.56. The molecule has 0 spiro atoms. The Morgan fingerprint density at radius 1 is 1.07 bits per heavy atom. The number of nitrogens with one attached hydrogen (secondary N) is 1. The van der Waals surface area contributed by atoms with Gasteiger partial charge in [-0.25, -0.2) is 0 Å². The summed E-state index contributed by atoms with van der Waals surface area (Å²) in [6.07, 6.45) is 2.52. The van der Waals surface area contributed by atoms with Crippen LogP contribution in [0, 0.1) is 10.1 Å². The zero-order chi connectivity index (χ0) is 20.2. The zero-order valence-electron chi connectivity index (χ0n) is 15.8. The molecule has 0 saturated carbocycles. The van der Waals surface area contributed by atoms with Crippen LogP contribution < -0.4 is 5.32 Å². The van der Waals surface area contributed by atoms with E-state index in [-0.39, 0.29) is 17.4 Å². The molecule has 1 aliphatic heterocycles. The molecule has 1 aromatic heterocycles. The van der Waals surface area contributed by atoms with Gasteiger partial charge in [0.25, 0.3) is 11.6 Å². The number of likely N-dealkylation sites (tertiary alicyclic amines) is 1. The molecule has 1 N–H and O–H groups in total. The molecule has 4 rings (SSSR count). The number of hydrogen-bond acceptors (Lipinski definition) is 5. The molecule has 0 atom stereocenters. The standard InChI is InChI=1S/C22H21N3O4/c26-22(23-18-8-6-16(7-9-18)15-24-12-1-2-13-24)21-11-10-20(29-21)17-4-3-5-19(14-17)25(27)28/h3-11,14H,1-2,12-13,15H2,(H,23,26).